The Morgan fingerprint density at radius 1 is 1.06 bits per heavy atom. The smallest absolute Gasteiger partial charge is 0.323 e. The molecule has 1 aliphatic heterocycles. The van der Waals surface area contributed by atoms with Crippen LogP contribution < -0.4 is 5.32 Å². The molecule has 0 saturated carbocycles. The first-order valence-electron chi connectivity index (χ1n) is 10.7. The van der Waals surface area contributed by atoms with Crippen LogP contribution in [-0.4, -0.2) is 39.7 Å². The highest BCUT2D eigenvalue weighted by atomic mass is 19.1. The maximum Gasteiger partial charge on any atom is 0.323 e. The number of aliphatic carboxylic acids is 1. The first-order valence-corrected chi connectivity index (χ1v) is 10.7. The monoisotopic (exact) mass is 459 g/mol. The number of rotatable bonds is 5. The Kier molecular flexibility index (Phi) is 6.31. The fourth-order valence-corrected chi connectivity index (χ4v) is 4.65. The highest BCUT2D eigenvalue weighted by molar-refractivity contribution is 5.87. The van der Waals surface area contributed by atoms with Gasteiger partial charge in [-0.05, 0) is 55.5 Å². The third kappa shape index (κ3) is 4.67. The van der Waals surface area contributed by atoms with Gasteiger partial charge in [0.1, 0.15) is 24.0 Å². The maximum atomic E-state index is 14.0. The number of nitrogens with one attached hydrogen (secondary N) is 1. The zero-order chi connectivity index (χ0) is 23.7. The lowest BCUT2D eigenvalue weighted by Gasteiger charge is -2.32. The number of hydrogen-bond acceptors (Lipinski definition) is 2. The van der Waals surface area contributed by atoms with E-state index in [0.717, 1.165) is 23.4 Å². The first kappa shape index (κ1) is 22.7. The molecular weight excluding hydrogens is 435 g/mol. The quantitative estimate of drug-likeness (QED) is 0.588. The van der Waals surface area contributed by atoms with E-state index < -0.39 is 17.6 Å². The lowest BCUT2D eigenvalue weighted by atomic mass is 9.87. The normalized spacial score (nSPS) is 14.6. The van der Waals surface area contributed by atoms with Crippen LogP contribution in [0.15, 0.2) is 36.4 Å². The predicted molar refractivity (Wildman–Crippen MR) is 116 cm³/mol. The number of amides is 2. The lowest BCUT2D eigenvalue weighted by molar-refractivity contribution is -0.137. The molecule has 1 aromatic heterocycles. The molecule has 2 amide bonds. The maximum absolute atomic E-state index is 14.0. The van der Waals surface area contributed by atoms with Crippen molar-refractivity contribution in [2.75, 3.05) is 13.1 Å². The molecule has 4 rings (SSSR count). The van der Waals surface area contributed by atoms with Crippen LogP contribution >= 0.6 is 0 Å². The van der Waals surface area contributed by atoms with Gasteiger partial charge in [0.05, 0.1) is 0 Å². The number of halogens is 3. The molecule has 0 radical (unpaired) electrons. The van der Waals surface area contributed by atoms with Crippen molar-refractivity contribution >= 4 is 22.9 Å². The van der Waals surface area contributed by atoms with Gasteiger partial charge in [-0.1, -0.05) is 6.07 Å². The Hall–Kier alpha value is -3.49. The summed E-state index contributed by atoms with van der Waals surface area (Å²) in [4.78, 5) is 25.5. The van der Waals surface area contributed by atoms with Gasteiger partial charge in [-0.3, -0.25) is 4.79 Å². The molecular formula is C24H24F3N3O3. The molecule has 0 spiro atoms. The average Bonchev–Trinajstić information content (AvgIpc) is 3.03. The SMILES string of the molecule is Cc1c(C2CCN(C(=O)NCc3ccc(F)cc3F)CC2)c2cc(F)ccc2n1CC(=O)O. The number of likely N-dealkylation sites (tertiary alicyclic amines) is 1. The molecule has 2 heterocycles. The molecule has 3 aromatic rings. The van der Waals surface area contributed by atoms with Crippen molar-refractivity contribution in [1.29, 1.82) is 0 Å². The van der Waals surface area contributed by atoms with E-state index in [1.54, 1.807) is 15.5 Å². The largest absolute Gasteiger partial charge is 0.480 e. The minimum Gasteiger partial charge on any atom is -0.480 e. The Morgan fingerprint density at radius 2 is 1.73 bits per heavy atom. The molecule has 0 bridgehead atoms. The molecule has 9 heteroatoms. The van der Waals surface area contributed by atoms with Gasteiger partial charge in [0.15, 0.2) is 0 Å². The second kappa shape index (κ2) is 9.17. The van der Waals surface area contributed by atoms with Gasteiger partial charge in [-0.25, -0.2) is 18.0 Å². The average molecular weight is 459 g/mol. The van der Waals surface area contributed by atoms with Crippen molar-refractivity contribution in [3.8, 4) is 0 Å². The third-order valence-electron chi connectivity index (χ3n) is 6.26. The number of carbonyl (C=O) groups excluding carboxylic acids is 1. The highest BCUT2D eigenvalue weighted by Gasteiger charge is 2.28. The summed E-state index contributed by atoms with van der Waals surface area (Å²) in [5, 5.41) is 12.7. The molecule has 0 atom stereocenters. The van der Waals surface area contributed by atoms with E-state index in [0.29, 0.717) is 36.8 Å². The van der Waals surface area contributed by atoms with E-state index in [-0.39, 0.29) is 36.4 Å². The van der Waals surface area contributed by atoms with Crippen LogP contribution in [0.3, 0.4) is 0 Å². The van der Waals surface area contributed by atoms with Crippen molar-refractivity contribution in [2.45, 2.75) is 38.8 Å². The van der Waals surface area contributed by atoms with Crippen LogP contribution in [-0.2, 0) is 17.9 Å². The molecule has 2 aromatic carbocycles. The van der Waals surface area contributed by atoms with Gasteiger partial charge >= 0.3 is 12.0 Å². The number of benzene rings is 2. The Morgan fingerprint density at radius 3 is 2.39 bits per heavy atom. The van der Waals surface area contributed by atoms with Crippen LogP contribution in [0.4, 0.5) is 18.0 Å². The van der Waals surface area contributed by atoms with E-state index in [2.05, 4.69) is 5.32 Å². The summed E-state index contributed by atoms with van der Waals surface area (Å²) in [7, 11) is 0. The fraction of sp³-hybridized carbons (Fsp3) is 0.333. The highest BCUT2D eigenvalue weighted by Crippen LogP contribution is 2.37. The third-order valence-corrected chi connectivity index (χ3v) is 6.26. The van der Waals surface area contributed by atoms with Gasteiger partial charge in [0, 0.05) is 47.9 Å². The molecule has 33 heavy (non-hydrogen) atoms. The minimum atomic E-state index is -0.977. The van der Waals surface area contributed by atoms with E-state index in [1.807, 2.05) is 6.92 Å². The summed E-state index contributed by atoms with van der Waals surface area (Å²) in [6, 6.07) is 7.23. The summed E-state index contributed by atoms with van der Waals surface area (Å²) in [5.74, 6) is -2.71. The van der Waals surface area contributed by atoms with Crippen molar-refractivity contribution in [2.24, 2.45) is 0 Å². The first-order chi connectivity index (χ1) is 15.7. The number of aromatic nitrogens is 1. The van der Waals surface area contributed by atoms with Crippen molar-refractivity contribution in [3.05, 3.63) is 70.7 Å². The molecule has 0 aliphatic carbocycles. The summed E-state index contributed by atoms with van der Waals surface area (Å²) >= 11 is 0. The lowest BCUT2D eigenvalue weighted by Crippen LogP contribution is -2.44. The number of fused-ring (bicyclic) bond motifs is 1. The minimum absolute atomic E-state index is 0.0444. The standard InChI is InChI=1S/C24H24F3N3O3/c1-14-23(19-10-17(25)4-5-21(19)30(14)13-22(31)32)15-6-8-29(9-7-15)24(33)28-12-16-2-3-18(26)11-20(16)27/h2-5,10-11,15H,6-9,12-13H2,1H3,(H,28,33)(H,31,32). The zero-order valence-electron chi connectivity index (χ0n) is 18.1. The topological polar surface area (TPSA) is 74.6 Å². The summed E-state index contributed by atoms with van der Waals surface area (Å²) in [5.41, 5.74) is 2.57. The number of carboxylic acid groups (broad SMARTS) is 1. The molecule has 6 nitrogen and oxygen atoms in total. The molecule has 2 N–H and O–H groups in total. The van der Waals surface area contributed by atoms with Gasteiger partial charge < -0.3 is 19.9 Å². The van der Waals surface area contributed by atoms with Crippen LogP contribution in [0.1, 0.15) is 35.6 Å². The number of nitrogens with zero attached hydrogens (tertiary/aromatic N) is 2. The number of piperidine rings is 1. The Labute approximate surface area is 188 Å². The second-order valence-corrected chi connectivity index (χ2v) is 8.30. The van der Waals surface area contributed by atoms with E-state index in [4.69, 9.17) is 0 Å². The van der Waals surface area contributed by atoms with Crippen molar-refractivity contribution in [1.82, 2.24) is 14.8 Å². The predicted octanol–water partition coefficient (Wildman–Crippen LogP) is 4.54. The van der Waals surface area contributed by atoms with Gasteiger partial charge in [-0.15, -0.1) is 0 Å². The van der Waals surface area contributed by atoms with E-state index in [1.165, 1.54) is 18.2 Å². The molecule has 1 saturated heterocycles. The van der Waals surface area contributed by atoms with Crippen LogP contribution in [0.25, 0.3) is 10.9 Å². The molecule has 174 valence electrons. The van der Waals surface area contributed by atoms with Crippen LogP contribution in [0, 0.1) is 24.4 Å². The van der Waals surface area contributed by atoms with E-state index >= 15 is 0 Å². The summed E-state index contributed by atoms with van der Waals surface area (Å²) in [6.45, 7) is 2.47. The molecule has 1 fully saturated rings. The number of carbonyl (C=O) groups is 2. The zero-order valence-corrected chi connectivity index (χ0v) is 18.1. The number of urea groups is 1. The number of carboxylic acids is 1. The second-order valence-electron chi connectivity index (χ2n) is 8.30. The Bertz CT molecular complexity index is 1220. The summed E-state index contributed by atoms with van der Waals surface area (Å²) < 4.78 is 42.5. The fourth-order valence-electron chi connectivity index (χ4n) is 4.65. The van der Waals surface area contributed by atoms with Crippen molar-refractivity contribution in [3.63, 3.8) is 0 Å². The molecule has 0 unspecified atom stereocenters. The van der Waals surface area contributed by atoms with Gasteiger partial charge in [-0.2, -0.15) is 0 Å². The van der Waals surface area contributed by atoms with Crippen molar-refractivity contribution < 1.29 is 27.9 Å². The van der Waals surface area contributed by atoms with Gasteiger partial charge in [0.2, 0.25) is 0 Å². The Balaban J connectivity index is 1.46. The summed E-state index contributed by atoms with van der Waals surface area (Å²) in [6.07, 6.45) is 1.25. The van der Waals surface area contributed by atoms with Gasteiger partial charge in [0.25, 0.3) is 0 Å². The number of hydrogen-bond donors (Lipinski definition) is 2. The molecule has 1 aliphatic rings. The van der Waals surface area contributed by atoms with Crippen LogP contribution in [0.2, 0.25) is 0 Å². The van der Waals surface area contributed by atoms with E-state index in [9.17, 15) is 27.9 Å². The van der Waals surface area contributed by atoms with Crippen LogP contribution in [0.5, 0.6) is 0 Å².